The first-order valence-electron chi connectivity index (χ1n) is 4.11. The average molecular weight is 156 g/mol. The van der Waals surface area contributed by atoms with E-state index in [-0.39, 0.29) is 5.91 Å². The van der Waals surface area contributed by atoms with Crippen LogP contribution >= 0.6 is 0 Å². The van der Waals surface area contributed by atoms with Crippen LogP contribution in [-0.2, 0) is 4.79 Å². The maximum absolute atomic E-state index is 11.0. The number of hydrogen-bond donors (Lipinski definition) is 0. The largest absolute Gasteiger partial charge is 0.338 e. The standard InChI is InChI=1S/C8H16N2O/c1-4-10(7(2)11)8-5-9(3)6-8/h8H,4-6H2,1-3H3. The van der Waals surface area contributed by atoms with E-state index in [1.807, 2.05) is 11.8 Å². The van der Waals surface area contributed by atoms with Gasteiger partial charge in [0.15, 0.2) is 0 Å². The van der Waals surface area contributed by atoms with E-state index >= 15 is 0 Å². The Hall–Kier alpha value is -0.570. The van der Waals surface area contributed by atoms with Gasteiger partial charge in [-0.15, -0.1) is 0 Å². The molecule has 1 amide bonds. The third-order valence-corrected chi connectivity index (χ3v) is 2.23. The molecular formula is C8H16N2O. The second kappa shape index (κ2) is 3.22. The van der Waals surface area contributed by atoms with Gasteiger partial charge < -0.3 is 9.80 Å². The molecule has 0 N–H and O–H groups in total. The highest BCUT2D eigenvalue weighted by molar-refractivity contribution is 5.73. The number of likely N-dealkylation sites (tertiary alicyclic amines) is 1. The van der Waals surface area contributed by atoms with Crippen LogP contribution in [0.4, 0.5) is 0 Å². The van der Waals surface area contributed by atoms with Crippen LogP contribution in [0.25, 0.3) is 0 Å². The van der Waals surface area contributed by atoms with Crippen LogP contribution < -0.4 is 0 Å². The number of hydrogen-bond acceptors (Lipinski definition) is 2. The molecule has 0 unspecified atom stereocenters. The van der Waals surface area contributed by atoms with Crippen LogP contribution in [-0.4, -0.2) is 48.4 Å². The maximum Gasteiger partial charge on any atom is 0.219 e. The van der Waals surface area contributed by atoms with Crippen LogP contribution in [0.3, 0.4) is 0 Å². The van der Waals surface area contributed by atoms with E-state index in [9.17, 15) is 4.79 Å². The van der Waals surface area contributed by atoms with E-state index in [2.05, 4.69) is 11.9 Å². The van der Waals surface area contributed by atoms with Crippen molar-refractivity contribution in [2.45, 2.75) is 19.9 Å². The van der Waals surface area contributed by atoms with Crippen molar-refractivity contribution < 1.29 is 4.79 Å². The summed E-state index contributed by atoms with van der Waals surface area (Å²) in [4.78, 5) is 15.2. The minimum atomic E-state index is 0.200. The van der Waals surface area contributed by atoms with Gasteiger partial charge in [-0.05, 0) is 14.0 Å². The van der Waals surface area contributed by atoms with Gasteiger partial charge in [-0.3, -0.25) is 4.79 Å². The molecule has 0 bridgehead atoms. The fourth-order valence-corrected chi connectivity index (χ4v) is 1.60. The summed E-state index contributed by atoms with van der Waals surface area (Å²) in [5.41, 5.74) is 0. The zero-order valence-corrected chi connectivity index (χ0v) is 7.50. The molecule has 1 saturated heterocycles. The molecule has 11 heavy (non-hydrogen) atoms. The molecular weight excluding hydrogens is 140 g/mol. The summed E-state index contributed by atoms with van der Waals surface area (Å²) < 4.78 is 0. The van der Waals surface area contributed by atoms with Crippen molar-refractivity contribution in [2.24, 2.45) is 0 Å². The molecule has 1 rings (SSSR count). The van der Waals surface area contributed by atoms with Crippen molar-refractivity contribution in [1.82, 2.24) is 9.80 Å². The number of amides is 1. The highest BCUT2D eigenvalue weighted by Gasteiger charge is 2.29. The molecule has 1 heterocycles. The lowest BCUT2D eigenvalue weighted by Crippen LogP contribution is -2.58. The summed E-state index contributed by atoms with van der Waals surface area (Å²) in [7, 11) is 2.07. The quantitative estimate of drug-likeness (QED) is 0.569. The smallest absolute Gasteiger partial charge is 0.219 e. The SMILES string of the molecule is CCN(C(C)=O)C1CN(C)C1. The average Bonchev–Trinajstić information content (AvgIpc) is 1.85. The number of likely N-dealkylation sites (N-methyl/N-ethyl adjacent to an activating group) is 2. The zero-order chi connectivity index (χ0) is 8.43. The third kappa shape index (κ3) is 1.71. The number of carbonyl (C=O) groups is 1. The molecule has 1 aliphatic rings. The Morgan fingerprint density at radius 1 is 1.64 bits per heavy atom. The predicted octanol–water partition coefficient (Wildman–Crippen LogP) is 0.169. The zero-order valence-electron chi connectivity index (χ0n) is 7.50. The highest BCUT2D eigenvalue weighted by atomic mass is 16.2. The van der Waals surface area contributed by atoms with Gasteiger partial charge in [0.25, 0.3) is 0 Å². The van der Waals surface area contributed by atoms with Crippen molar-refractivity contribution in [3.63, 3.8) is 0 Å². The van der Waals surface area contributed by atoms with Crippen molar-refractivity contribution in [3.8, 4) is 0 Å². The van der Waals surface area contributed by atoms with Gasteiger partial charge in [0.1, 0.15) is 0 Å². The minimum absolute atomic E-state index is 0.200. The molecule has 1 aliphatic heterocycles. The molecule has 3 heteroatoms. The van der Waals surface area contributed by atoms with Crippen LogP contribution in [0.15, 0.2) is 0 Å². The lowest BCUT2D eigenvalue weighted by atomic mass is 10.1. The lowest BCUT2D eigenvalue weighted by molar-refractivity contribution is -0.134. The molecule has 3 nitrogen and oxygen atoms in total. The van der Waals surface area contributed by atoms with E-state index in [1.54, 1.807) is 6.92 Å². The number of rotatable bonds is 2. The summed E-state index contributed by atoms with van der Waals surface area (Å²) in [5, 5.41) is 0. The monoisotopic (exact) mass is 156 g/mol. The van der Waals surface area contributed by atoms with Crippen LogP contribution in [0, 0.1) is 0 Å². The van der Waals surface area contributed by atoms with Crippen molar-refractivity contribution in [2.75, 3.05) is 26.7 Å². The Morgan fingerprint density at radius 3 is 2.45 bits per heavy atom. The van der Waals surface area contributed by atoms with Crippen molar-refractivity contribution in [1.29, 1.82) is 0 Å². The molecule has 1 fully saturated rings. The predicted molar refractivity (Wildman–Crippen MR) is 44.3 cm³/mol. The van der Waals surface area contributed by atoms with Crippen LogP contribution in [0.1, 0.15) is 13.8 Å². The van der Waals surface area contributed by atoms with Crippen molar-refractivity contribution in [3.05, 3.63) is 0 Å². The second-order valence-electron chi connectivity index (χ2n) is 3.18. The van der Waals surface area contributed by atoms with Gasteiger partial charge in [0.2, 0.25) is 5.91 Å². The van der Waals surface area contributed by atoms with Gasteiger partial charge >= 0.3 is 0 Å². The van der Waals surface area contributed by atoms with Gasteiger partial charge in [0, 0.05) is 26.6 Å². The third-order valence-electron chi connectivity index (χ3n) is 2.23. The summed E-state index contributed by atoms with van der Waals surface area (Å²) in [5.74, 6) is 0.200. The van der Waals surface area contributed by atoms with Gasteiger partial charge in [-0.1, -0.05) is 0 Å². The normalized spacial score (nSPS) is 19.5. The number of carbonyl (C=O) groups excluding carboxylic acids is 1. The Labute approximate surface area is 68.0 Å². The Morgan fingerprint density at radius 2 is 2.18 bits per heavy atom. The Bertz CT molecular complexity index is 152. The van der Waals surface area contributed by atoms with E-state index < -0.39 is 0 Å². The lowest BCUT2D eigenvalue weighted by Gasteiger charge is -2.42. The minimum Gasteiger partial charge on any atom is -0.338 e. The first kappa shape index (κ1) is 8.53. The maximum atomic E-state index is 11.0. The van der Waals surface area contributed by atoms with Crippen molar-refractivity contribution >= 4 is 5.91 Å². The molecule has 0 aromatic carbocycles. The summed E-state index contributed by atoms with van der Waals surface area (Å²) in [6.07, 6.45) is 0. The fraction of sp³-hybridized carbons (Fsp3) is 0.875. The Kier molecular flexibility index (Phi) is 2.49. The topological polar surface area (TPSA) is 23.6 Å². The molecule has 0 atom stereocenters. The summed E-state index contributed by atoms with van der Waals surface area (Å²) in [6, 6.07) is 0.475. The van der Waals surface area contributed by atoms with Crippen LogP contribution in [0.2, 0.25) is 0 Å². The molecule has 0 spiro atoms. The first-order chi connectivity index (χ1) is 5.15. The molecule has 64 valence electrons. The van der Waals surface area contributed by atoms with E-state index in [0.29, 0.717) is 6.04 Å². The van der Waals surface area contributed by atoms with E-state index in [4.69, 9.17) is 0 Å². The molecule has 0 radical (unpaired) electrons. The fourth-order valence-electron chi connectivity index (χ4n) is 1.60. The van der Waals surface area contributed by atoms with Crippen LogP contribution in [0.5, 0.6) is 0 Å². The van der Waals surface area contributed by atoms with Gasteiger partial charge in [0.05, 0.1) is 6.04 Å². The Balaban J connectivity index is 2.38. The van der Waals surface area contributed by atoms with Gasteiger partial charge in [-0.25, -0.2) is 0 Å². The molecule has 0 aromatic rings. The van der Waals surface area contributed by atoms with E-state index in [0.717, 1.165) is 19.6 Å². The summed E-state index contributed by atoms with van der Waals surface area (Å²) in [6.45, 7) is 6.58. The molecule has 0 aromatic heterocycles. The van der Waals surface area contributed by atoms with E-state index in [1.165, 1.54) is 0 Å². The number of nitrogens with zero attached hydrogens (tertiary/aromatic N) is 2. The first-order valence-corrected chi connectivity index (χ1v) is 4.11. The summed E-state index contributed by atoms with van der Waals surface area (Å²) >= 11 is 0. The molecule has 0 aliphatic carbocycles. The molecule has 0 saturated carbocycles. The second-order valence-corrected chi connectivity index (χ2v) is 3.18. The highest BCUT2D eigenvalue weighted by Crippen LogP contribution is 2.11. The van der Waals surface area contributed by atoms with Gasteiger partial charge in [-0.2, -0.15) is 0 Å².